The van der Waals surface area contributed by atoms with Gasteiger partial charge >= 0.3 is 5.97 Å². The highest BCUT2D eigenvalue weighted by Crippen LogP contribution is 2.27. The van der Waals surface area contributed by atoms with Crippen molar-refractivity contribution in [3.8, 4) is 17.6 Å². The minimum atomic E-state index is -0.682. The van der Waals surface area contributed by atoms with Crippen molar-refractivity contribution >= 4 is 12.0 Å². The van der Waals surface area contributed by atoms with Crippen LogP contribution in [0.25, 0.3) is 6.08 Å². The summed E-state index contributed by atoms with van der Waals surface area (Å²) >= 11 is 0. The van der Waals surface area contributed by atoms with E-state index in [2.05, 4.69) is 0 Å². The van der Waals surface area contributed by atoms with Crippen LogP contribution in [-0.2, 0) is 9.53 Å². The first kappa shape index (κ1) is 14.6. The summed E-state index contributed by atoms with van der Waals surface area (Å²) in [6, 6.07) is 6.40. The van der Waals surface area contributed by atoms with Gasteiger partial charge in [-0.2, -0.15) is 5.26 Å². The van der Waals surface area contributed by atoms with Crippen LogP contribution in [-0.4, -0.2) is 24.3 Å². The van der Waals surface area contributed by atoms with Gasteiger partial charge in [0.15, 0.2) is 11.5 Å². The van der Waals surface area contributed by atoms with E-state index in [4.69, 9.17) is 14.7 Å². The fraction of sp³-hybridized carbons (Fsp3) is 0.286. The number of nitrogens with zero attached hydrogens (tertiary/aromatic N) is 1. The Morgan fingerprint density at radius 1 is 1.42 bits per heavy atom. The second-order valence-electron chi connectivity index (χ2n) is 3.55. The Balaban J connectivity index is 3.00. The summed E-state index contributed by atoms with van der Waals surface area (Å²) in [4.78, 5) is 11.4. The predicted octanol–water partition coefficient (Wildman–Crippen LogP) is 2.26. The quantitative estimate of drug-likeness (QED) is 0.499. The molecular weight excluding hydrogens is 246 g/mol. The lowest BCUT2D eigenvalue weighted by Gasteiger charge is -2.06. The summed E-state index contributed by atoms with van der Waals surface area (Å²) in [7, 11) is 0. The monoisotopic (exact) mass is 261 g/mol. The Morgan fingerprint density at radius 2 is 2.16 bits per heavy atom. The summed E-state index contributed by atoms with van der Waals surface area (Å²) in [5, 5.41) is 18.6. The van der Waals surface area contributed by atoms with Gasteiger partial charge in [0.05, 0.1) is 13.2 Å². The van der Waals surface area contributed by atoms with Gasteiger partial charge < -0.3 is 14.6 Å². The molecule has 0 aliphatic heterocycles. The lowest BCUT2D eigenvalue weighted by Crippen LogP contribution is -2.05. The van der Waals surface area contributed by atoms with Crippen LogP contribution >= 0.6 is 0 Å². The largest absolute Gasteiger partial charge is 0.504 e. The molecule has 1 aromatic carbocycles. The van der Waals surface area contributed by atoms with E-state index >= 15 is 0 Å². The number of benzene rings is 1. The molecule has 100 valence electrons. The lowest BCUT2D eigenvalue weighted by molar-refractivity contribution is -0.137. The van der Waals surface area contributed by atoms with Crippen LogP contribution in [0.5, 0.6) is 11.5 Å². The number of rotatable bonds is 5. The molecule has 0 aromatic heterocycles. The molecule has 0 amide bonds. The van der Waals surface area contributed by atoms with Crippen molar-refractivity contribution in [3.63, 3.8) is 0 Å². The molecule has 0 spiro atoms. The normalized spacial score (nSPS) is 10.7. The number of phenols is 1. The third kappa shape index (κ3) is 4.03. The minimum absolute atomic E-state index is 0.0447. The van der Waals surface area contributed by atoms with Gasteiger partial charge in [0.25, 0.3) is 0 Å². The van der Waals surface area contributed by atoms with Gasteiger partial charge in [-0.05, 0) is 37.6 Å². The second kappa shape index (κ2) is 7.07. The van der Waals surface area contributed by atoms with Crippen molar-refractivity contribution in [3.05, 3.63) is 29.3 Å². The maximum atomic E-state index is 11.4. The molecule has 0 radical (unpaired) electrons. The molecule has 0 unspecified atom stereocenters. The van der Waals surface area contributed by atoms with Gasteiger partial charge in [-0.3, -0.25) is 0 Å². The third-order valence-corrected chi connectivity index (χ3v) is 2.21. The first-order valence-electron chi connectivity index (χ1n) is 5.87. The smallest absolute Gasteiger partial charge is 0.348 e. The predicted molar refractivity (Wildman–Crippen MR) is 69.5 cm³/mol. The Labute approximate surface area is 111 Å². The molecule has 1 aromatic rings. The summed E-state index contributed by atoms with van der Waals surface area (Å²) in [6.45, 7) is 4.11. The first-order valence-corrected chi connectivity index (χ1v) is 5.87. The fourth-order valence-electron chi connectivity index (χ4n) is 1.41. The van der Waals surface area contributed by atoms with Crippen molar-refractivity contribution in [2.45, 2.75) is 13.8 Å². The number of hydrogen-bond donors (Lipinski definition) is 1. The Hall–Kier alpha value is -2.48. The van der Waals surface area contributed by atoms with Crippen LogP contribution in [0.15, 0.2) is 23.8 Å². The SMILES string of the molecule is CCOC(=O)/C(C#N)=C/c1ccc(OCC)c(O)c1. The molecule has 5 heteroatoms. The molecule has 0 fully saturated rings. The zero-order valence-electron chi connectivity index (χ0n) is 10.8. The molecule has 5 nitrogen and oxygen atoms in total. The molecular formula is C14H15NO4. The van der Waals surface area contributed by atoms with E-state index in [9.17, 15) is 9.90 Å². The number of nitriles is 1. The van der Waals surface area contributed by atoms with Crippen LogP contribution in [0.4, 0.5) is 0 Å². The Bertz CT molecular complexity index is 529. The van der Waals surface area contributed by atoms with Crippen LogP contribution < -0.4 is 4.74 Å². The average molecular weight is 261 g/mol. The van der Waals surface area contributed by atoms with Crippen molar-refractivity contribution in [1.29, 1.82) is 5.26 Å². The molecule has 0 saturated heterocycles. The maximum absolute atomic E-state index is 11.4. The van der Waals surface area contributed by atoms with Crippen molar-refractivity contribution in [2.75, 3.05) is 13.2 Å². The summed E-state index contributed by atoms with van der Waals surface area (Å²) in [5.74, 6) is -0.371. The van der Waals surface area contributed by atoms with Gasteiger partial charge in [-0.15, -0.1) is 0 Å². The van der Waals surface area contributed by atoms with E-state index in [1.54, 1.807) is 25.1 Å². The van der Waals surface area contributed by atoms with E-state index in [1.165, 1.54) is 12.1 Å². The number of phenolic OH excluding ortho intramolecular Hbond substituents is 1. The third-order valence-electron chi connectivity index (χ3n) is 2.21. The fourth-order valence-corrected chi connectivity index (χ4v) is 1.41. The zero-order chi connectivity index (χ0) is 14.3. The number of esters is 1. The van der Waals surface area contributed by atoms with Crippen LogP contribution in [0.1, 0.15) is 19.4 Å². The van der Waals surface area contributed by atoms with E-state index in [-0.39, 0.29) is 17.9 Å². The molecule has 0 aliphatic rings. The highest BCUT2D eigenvalue weighted by Gasteiger charge is 2.10. The Morgan fingerprint density at radius 3 is 2.68 bits per heavy atom. The van der Waals surface area contributed by atoms with Gasteiger partial charge in [-0.25, -0.2) is 4.79 Å². The first-order chi connectivity index (χ1) is 9.12. The van der Waals surface area contributed by atoms with E-state index in [0.29, 0.717) is 17.9 Å². The number of ether oxygens (including phenoxy) is 2. The number of aromatic hydroxyl groups is 1. The van der Waals surface area contributed by atoms with Gasteiger partial charge in [0.2, 0.25) is 0 Å². The minimum Gasteiger partial charge on any atom is -0.504 e. The number of hydrogen-bond acceptors (Lipinski definition) is 5. The number of carbonyl (C=O) groups is 1. The maximum Gasteiger partial charge on any atom is 0.348 e. The van der Waals surface area contributed by atoms with Gasteiger partial charge in [0.1, 0.15) is 11.6 Å². The van der Waals surface area contributed by atoms with Gasteiger partial charge in [-0.1, -0.05) is 6.07 Å². The standard InChI is InChI=1S/C14H15NO4/c1-3-18-13-6-5-10(8-12(13)16)7-11(9-15)14(17)19-4-2/h5-8,16H,3-4H2,1-2H3/b11-7+. The van der Waals surface area contributed by atoms with Crippen molar-refractivity contribution in [2.24, 2.45) is 0 Å². The highest BCUT2D eigenvalue weighted by molar-refractivity contribution is 5.97. The lowest BCUT2D eigenvalue weighted by atomic mass is 10.1. The molecule has 0 bridgehead atoms. The molecule has 0 atom stereocenters. The topological polar surface area (TPSA) is 79.6 Å². The molecule has 0 aliphatic carbocycles. The van der Waals surface area contributed by atoms with E-state index in [0.717, 1.165) is 0 Å². The molecule has 1 rings (SSSR count). The van der Waals surface area contributed by atoms with Crippen LogP contribution in [0.3, 0.4) is 0 Å². The summed E-state index contributed by atoms with van der Waals surface area (Å²) in [5.41, 5.74) is 0.399. The highest BCUT2D eigenvalue weighted by atomic mass is 16.5. The number of carbonyl (C=O) groups excluding carboxylic acids is 1. The van der Waals surface area contributed by atoms with Crippen molar-refractivity contribution in [1.82, 2.24) is 0 Å². The van der Waals surface area contributed by atoms with E-state index in [1.807, 2.05) is 6.92 Å². The molecule has 0 saturated carbocycles. The Kier molecular flexibility index (Phi) is 5.42. The zero-order valence-corrected chi connectivity index (χ0v) is 10.8. The molecule has 0 heterocycles. The van der Waals surface area contributed by atoms with Crippen LogP contribution in [0.2, 0.25) is 0 Å². The molecule has 19 heavy (non-hydrogen) atoms. The summed E-state index contributed by atoms with van der Waals surface area (Å²) < 4.78 is 9.92. The van der Waals surface area contributed by atoms with Crippen molar-refractivity contribution < 1.29 is 19.4 Å². The van der Waals surface area contributed by atoms with E-state index < -0.39 is 5.97 Å². The van der Waals surface area contributed by atoms with Gasteiger partial charge in [0, 0.05) is 0 Å². The second-order valence-corrected chi connectivity index (χ2v) is 3.55. The summed E-state index contributed by atoms with van der Waals surface area (Å²) in [6.07, 6.45) is 1.35. The average Bonchev–Trinajstić information content (AvgIpc) is 2.39. The van der Waals surface area contributed by atoms with Crippen LogP contribution in [0, 0.1) is 11.3 Å². The molecule has 1 N–H and O–H groups in total.